The number of aryl methyl sites for hydroxylation is 1. The molecule has 0 amide bonds. The first-order valence-corrected chi connectivity index (χ1v) is 5.06. The summed E-state index contributed by atoms with van der Waals surface area (Å²) in [5.74, 6) is -1.05. The third-order valence-electron chi connectivity index (χ3n) is 2.33. The molecule has 92 valence electrons. The Balaban J connectivity index is 3.10. The van der Waals surface area contributed by atoms with Crippen molar-refractivity contribution in [3.05, 3.63) is 29.3 Å². The highest BCUT2D eigenvalue weighted by Gasteiger charge is 2.17. The molecule has 0 saturated carbocycles. The molecule has 0 saturated heterocycles. The van der Waals surface area contributed by atoms with E-state index in [0.717, 1.165) is 0 Å². The number of carboxylic acids is 1. The summed E-state index contributed by atoms with van der Waals surface area (Å²) >= 11 is 0. The van der Waals surface area contributed by atoms with Crippen LogP contribution < -0.4 is 4.74 Å². The molecule has 1 aromatic carbocycles. The van der Waals surface area contributed by atoms with Gasteiger partial charge in [0, 0.05) is 6.42 Å². The van der Waals surface area contributed by atoms with Gasteiger partial charge in [0.2, 0.25) is 0 Å². The second-order valence-electron chi connectivity index (χ2n) is 3.38. The minimum absolute atomic E-state index is 0.0445. The van der Waals surface area contributed by atoms with Crippen LogP contribution in [-0.4, -0.2) is 31.3 Å². The molecule has 0 unspecified atom stereocenters. The van der Waals surface area contributed by atoms with Crippen molar-refractivity contribution in [2.24, 2.45) is 0 Å². The molecule has 0 aromatic heterocycles. The maximum absolute atomic E-state index is 11.6. The fourth-order valence-corrected chi connectivity index (χ4v) is 1.53. The Morgan fingerprint density at radius 3 is 2.53 bits per heavy atom. The van der Waals surface area contributed by atoms with Crippen LogP contribution in [0.1, 0.15) is 22.3 Å². The second-order valence-corrected chi connectivity index (χ2v) is 3.38. The molecule has 1 aromatic rings. The number of ether oxygens (including phenoxy) is 2. The molecule has 5 nitrogen and oxygen atoms in total. The van der Waals surface area contributed by atoms with Crippen molar-refractivity contribution in [3.63, 3.8) is 0 Å². The van der Waals surface area contributed by atoms with Gasteiger partial charge >= 0.3 is 11.9 Å². The molecule has 5 heteroatoms. The molecule has 1 N–H and O–H groups in total. The van der Waals surface area contributed by atoms with Crippen LogP contribution in [0.4, 0.5) is 0 Å². The van der Waals surface area contributed by atoms with Gasteiger partial charge in [0.15, 0.2) is 0 Å². The molecule has 0 fully saturated rings. The molecule has 1 rings (SSSR count). The number of carbonyl (C=O) groups is 2. The third-order valence-corrected chi connectivity index (χ3v) is 2.33. The number of aliphatic carboxylic acids is 1. The predicted molar refractivity (Wildman–Crippen MR) is 60.3 cm³/mol. The zero-order valence-electron chi connectivity index (χ0n) is 9.73. The molecule has 17 heavy (non-hydrogen) atoms. The average Bonchev–Trinajstić information content (AvgIpc) is 2.34. The van der Waals surface area contributed by atoms with Crippen LogP contribution in [-0.2, 0) is 16.0 Å². The van der Waals surface area contributed by atoms with Gasteiger partial charge in [-0.2, -0.15) is 0 Å². The van der Waals surface area contributed by atoms with E-state index in [0.29, 0.717) is 16.9 Å². The number of rotatable bonds is 5. The molecule has 0 radical (unpaired) electrons. The number of carbonyl (C=O) groups excluding carboxylic acids is 1. The van der Waals surface area contributed by atoms with E-state index in [2.05, 4.69) is 4.74 Å². The molecule has 0 aliphatic heterocycles. The summed E-state index contributed by atoms with van der Waals surface area (Å²) in [6, 6.07) is 5.04. The summed E-state index contributed by atoms with van der Waals surface area (Å²) in [7, 11) is 2.72. The topological polar surface area (TPSA) is 72.8 Å². The van der Waals surface area contributed by atoms with Gasteiger partial charge in [-0.25, -0.2) is 4.79 Å². The first kappa shape index (κ1) is 13.0. The number of benzene rings is 1. The monoisotopic (exact) mass is 238 g/mol. The number of carboxylic acid groups (broad SMARTS) is 1. The van der Waals surface area contributed by atoms with Gasteiger partial charge in [0.1, 0.15) is 11.3 Å². The summed E-state index contributed by atoms with van der Waals surface area (Å²) in [5.41, 5.74) is 0.900. The normalized spacial score (nSPS) is 9.76. The molecular formula is C12H14O5. The third kappa shape index (κ3) is 3.21. The van der Waals surface area contributed by atoms with Crippen LogP contribution in [0.5, 0.6) is 5.75 Å². The van der Waals surface area contributed by atoms with Crippen molar-refractivity contribution in [1.82, 2.24) is 0 Å². The van der Waals surface area contributed by atoms with E-state index in [1.54, 1.807) is 18.2 Å². The first-order valence-electron chi connectivity index (χ1n) is 5.06. The Labute approximate surface area is 99.0 Å². The molecule has 0 heterocycles. The second kappa shape index (κ2) is 5.89. The van der Waals surface area contributed by atoms with E-state index in [4.69, 9.17) is 9.84 Å². The van der Waals surface area contributed by atoms with E-state index in [-0.39, 0.29) is 12.8 Å². The van der Waals surface area contributed by atoms with Crippen LogP contribution in [0.25, 0.3) is 0 Å². The van der Waals surface area contributed by atoms with E-state index in [1.807, 2.05) is 0 Å². The van der Waals surface area contributed by atoms with Crippen LogP contribution >= 0.6 is 0 Å². The molecule has 0 aliphatic rings. The molecule has 0 atom stereocenters. The van der Waals surface area contributed by atoms with Crippen molar-refractivity contribution in [2.75, 3.05) is 14.2 Å². The lowest BCUT2D eigenvalue weighted by Gasteiger charge is -2.11. The minimum Gasteiger partial charge on any atom is -0.496 e. The van der Waals surface area contributed by atoms with Gasteiger partial charge in [-0.05, 0) is 18.1 Å². The molecule has 0 bridgehead atoms. The maximum Gasteiger partial charge on any atom is 0.341 e. The van der Waals surface area contributed by atoms with Crippen LogP contribution in [0, 0.1) is 0 Å². The smallest absolute Gasteiger partial charge is 0.341 e. The summed E-state index contributed by atoms with van der Waals surface area (Å²) in [6.07, 6.45) is 0.216. The molecule has 0 spiro atoms. The number of methoxy groups -OCH3 is 2. The van der Waals surface area contributed by atoms with Crippen molar-refractivity contribution < 1.29 is 24.2 Å². The van der Waals surface area contributed by atoms with Gasteiger partial charge in [-0.3, -0.25) is 4.79 Å². The molecular weight excluding hydrogens is 224 g/mol. The highest BCUT2D eigenvalue weighted by molar-refractivity contribution is 5.94. The van der Waals surface area contributed by atoms with Crippen molar-refractivity contribution in [3.8, 4) is 5.75 Å². The highest BCUT2D eigenvalue weighted by Crippen LogP contribution is 2.24. The lowest BCUT2D eigenvalue weighted by Crippen LogP contribution is -2.09. The van der Waals surface area contributed by atoms with Gasteiger partial charge in [0.05, 0.1) is 14.2 Å². The van der Waals surface area contributed by atoms with Crippen LogP contribution in [0.3, 0.4) is 0 Å². The van der Waals surface area contributed by atoms with Gasteiger partial charge < -0.3 is 14.6 Å². The Kier molecular flexibility index (Phi) is 4.51. The van der Waals surface area contributed by atoms with E-state index in [1.165, 1.54) is 14.2 Å². The summed E-state index contributed by atoms with van der Waals surface area (Å²) in [4.78, 5) is 22.1. The summed E-state index contributed by atoms with van der Waals surface area (Å²) < 4.78 is 9.73. The van der Waals surface area contributed by atoms with Crippen molar-refractivity contribution in [1.29, 1.82) is 0 Å². The Morgan fingerprint density at radius 1 is 1.29 bits per heavy atom. The van der Waals surface area contributed by atoms with Crippen molar-refractivity contribution >= 4 is 11.9 Å². The number of hydrogen-bond acceptors (Lipinski definition) is 4. The Morgan fingerprint density at radius 2 is 2.00 bits per heavy atom. The lowest BCUT2D eigenvalue weighted by molar-refractivity contribution is -0.136. The largest absolute Gasteiger partial charge is 0.496 e. The Bertz CT molecular complexity index is 425. The maximum atomic E-state index is 11.6. The van der Waals surface area contributed by atoms with Gasteiger partial charge in [0.25, 0.3) is 0 Å². The fourth-order valence-electron chi connectivity index (χ4n) is 1.53. The van der Waals surface area contributed by atoms with Gasteiger partial charge in [-0.1, -0.05) is 12.1 Å². The van der Waals surface area contributed by atoms with Gasteiger partial charge in [-0.15, -0.1) is 0 Å². The zero-order chi connectivity index (χ0) is 12.8. The fraction of sp³-hybridized carbons (Fsp3) is 0.333. The summed E-state index contributed by atoms with van der Waals surface area (Å²) in [6.45, 7) is 0. The predicted octanol–water partition coefficient (Wildman–Crippen LogP) is 1.50. The quantitative estimate of drug-likeness (QED) is 0.787. The minimum atomic E-state index is -0.913. The average molecular weight is 238 g/mol. The molecule has 0 aliphatic carbocycles. The summed E-state index contributed by atoms with van der Waals surface area (Å²) in [5, 5.41) is 8.64. The zero-order valence-corrected chi connectivity index (χ0v) is 9.73. The van der Waals surface area contributed by atoms with E-state index >= 15 is 0 Å². The Hall–Kier alpha value is -2.04. The highest BCUT2D eigenvalue weighted by atomic mass is 16.5. The van der Waals surface area contributed by atoms with E-state index < -0.39 is 11.9 Å². The SMILES string of the molecule is COC(=O)c1c(CCC(=O)O)cccc1OC. The number of hydrogen-bond donors (Lipinski definition) is 1. The van der Waals surface area contributed by atoms with Crippen molar-refractivity contribution in [2.45, 2.75) is 12.8 Å². The standard InChI is InChI=1S/C12H14O5/c1-16-9-5-3-4-8(6-7-10(13)14)11(9)12(15)17-2/h3-5H,6-7H2,1-2H3,(H,13,14). The van der Waals surface area contributed by atoms with Crippen LogP contribution in [0.15, 0.2) is 18.2 Å². The first-order chi connectivity index (χ1) is 8.10. The van der Waals surface area contributed by atoms with Crippen LogP contribution in [0.2, 0.25) is 0 Å². The number of esters is 1. The van der Waals surface area contributed by atoms with E-state index in [9.17, 15) is 9.59 Å². The lowest BCUT2D eigenvalue weighted by atomic mass is 10.0.